The van der Waals surface area contributed by atoms with Gasteiger partial charge in [0.15, 0.2) is 0 Å². The molecule has 13 heavy (non-hydrogen) atoms. The summed E-state index contributed by atoms with van der Waals surface area (Å²) in [6.45, 7) is 1.76. The lowest BCUT2D eigenvalue weighted by Gasteiger charge is -2.11. The van der Waals surface area contributed by atoms with E-state index < -0.39 is 0 Å². The van der Waals surface area contributed by atoms with Gasteiger partial charge in [-0.15, -0.1) is 0 Å². The molecule has 0 radical (unpaired) electrons. The fourth-order valence-electron chi connectivity index (χ4n) is 1.26. The van der Waals surface area contributed by atoms with Gasteiger partial charge >= 0.3 is 0 Å². The third-order valence-electron chi connectivity index (χ3n) is 1.77. The van der Waals surface area contributed by atoms with Crippen molar-refractivity contribution in [2.24, 2.45) is 0 Å². The number of aliphatic hydroxyl groups is 1. The Balaban J connectivity index is 2.98. The summed E-state index contributed by atoms with van der Waals surface area (Å²) in [5, 5.41) is 9.25. The van der Waals surface area contributed by atoms with Gasteiger partial charge in [0.25, 0.3) is 0 Å². The van der Waals surface area contributed by atoms with Gasteiger partial charge in [-0.05, 0) is 34.5 Å². The fraction of sp³-hybridized carbons (Fsp3) is 0.400. The van der Waals surface area contributed by atoms with Gasteiger partial charge < -0.3 is 9.84 Å². The van der Waals surface area contributed by atoms with Gasteiger partial charge in [-0.3, -0.25) is 0 Å². The number of ether oxygens (including phenoxy) is 1. The van der Waals surface area contributed by atoms with Crippen molar-refractivity contribution in [1.29, 1.82) is 0 Å². The molecule has 1 atom stereocenters. The molecule has 0 unspecified atom stereocenters. The third-order valence-corrected chi connectivity index (χ3v) is 2.39. The molecule has 0 amide bonds. The van der Waals surface area contributed by atoms with Crippen LogP contribution in [0.4, 0.5) is 0 Å². The second-order valence-corrected chi connectivity index (χ2v) is 3.84. The van der Waals surface area contributed by atoms with Crippen molar-refractivity contribution < 1.29 is 9.84 Å². The predicted octanol–water partition coefficient (Wildman–Crippen LogP) is 2.38. The fourth-order valence-corrected chi connectivity index (χ4v) is 1.83. The van der Waals surface area contributed by atoms with Crippen molar-refractivity contribution >= 4 is 15.9 Å². The molecule has 1 N–H and O–H groups in total. The number of rotatable bonds is 3. The second-order valence-electron chi connectivity index (χ2n) is 2.99. The Labute approximate surface area is 86.7 Å². The molecule has 0 bridgehead atoms. The summed E-state index contributed by atoms with van der Waals surface area (Å²) in [4.78, 5) is 0. The highest BCUT2D eigenvalue weighted by Crippen LogP contribution is 2.29. The zero-order chi connectivity index (χ0) is 9.84. The molecule has 2 nitrogen and oxygen atoms in total. The highest BCUT2D eigenvalue weighted by atomic mass is 79.9. The minimum Gasteiger partial charge on any atom is -0.495 e. The molecule has 0 aliphatic carbocycles. The molecule has 0 aromatic heterocycles. The molecule has 3 heteroatoms. The number of benzene rings is 1. The lowest BCUT2D eigenvalue weighted by atomic mass is 10.1. The second kappa shape index (κ2) is 4.63. The van der Waals surface area contributed by atoms with Crippen LogP contribution in [-0.2, 0) is 6.42 Å². The van der Waals surface area contributed by atoms with E-state index in [0.29, 0.717) is 6.42 Å². The first-order valence-corrected chi connectivity index (χ1v) is 4.94. The number of aliphatic hydroxyl groups excluding tert-OH is 1. The van der Waals surface area contributed by atoms with Gasteiger partial charge in [-0.25, -0.2) is 0 Å². The van der Waals surface area contributed by atoms with Gasteiger partial charge in [0, 0.05) is 6.42 Å². The zero-order valence-electron chi connectivity index (χ0n) is 7.75. The molecule has 1 aromatic carbocycles. The monoisotopic (exact) mass is 244 g/mol. The molecular weight excluding hydrogens is 232 g/mol. The van der Waals surface area contributed by atoms with Gasteiger partial charge in [-0.2, -0.15) is 0 Å². The summed E-state index contributed by atoms with van der Waals surface area (Å²) in [5.41, 5.74) is 1.02. The van der Waals surface area contributed by atoms with Crippen LogP contribution in [0.5, 0.6) is 5.75 Å². The number of halogens is 1. The Morgan fingerprint density at radius 2 is 2.23 bits per heavy atom. The van der Waals surface area contributed by atoms with Crippen LogP contribution in [0, 0.1) is 0 Å². The topological polar surface area (TPSA) is 29.5 Å². The lowest BCUT2D eigenvalue weighted by molar-refractivity contribution is 0.194. The molecule has 0 saturated carbocycles. The minimum atomic E-state index is -0.344. The SMILES string of the molecule is COc1c(Br)cccc1C[C@H](C)O. The van der Waals surface area contributed by atoms with Crippen LogP contribution in [-0.4, -0.2) is 18.3 Å². The maximum atomic E-state index is 9.25. The van der Waals surface area contributed by atoms with E-state index in [4.69, 9.17) is 4.74 Å². The number of para-hydroxylation sites is 1. The Kier molecular flexibility index (Phi) is 3.75. The summed E-state index contributed by atoms with van der Waals surface area (Å²) in [5.74, 6) is 0.809. The van der Waals surface area contributed by atoms with Crippen LogP contribution < -0.4 is 4.74 Å². The molecule has 0 heterocycles. The molecule has 0 aliphatic heterocycles. The van der Waals surface area contributed by atoms with E-state index in [9.17, 15) is 5.11 Å². The van der Waals surface area contributed by atoms with Crippen molar-refractivity contribution in [3.8, 4) is 5.75 Å². The maximum Gasteiger partial charge on any atom is 0.136 e. The number of hydrogen-bond acceptors (Lipinski definition) is 2. The Hall–Kier alpha value is -0.540. The van der Waals surface area contributed by atoms with Crippen LogP contribution in [0.1, 0.15) is 12.5 Å². The van der Waals surface area contributed by atoms with Crippen molar-refractivity contribution in [3.05, 3.63) is 28.2 Å². The summed E-state index contributed by atoms with van der Waals surface area (Å²) < 4.78 is 6.14. The Bertz CT molecular complexity index is 284. The molecule has 0 saturated heterocycles. The van der Waals surface area contributed by atoms with E-state index in [-0.39, 0.29) is 6.10 Å². The molecule has 1 rings (SSSR count). The summed E-state index contributed by atoms with van der Waals surface area (Å²) in [6, 6.07) is 5.81. The normalized spacial score (nSPS) is 12.6. The van der Waals surface area contributed by atoms with Crippen LogP contribution in [0.25, 0.3) is 0 Å². The molecule has 0 spiro atoms. The van der Waals surface area contributed by atoms with E-state index in [1.165, 1.54) is 0 Å². The summed E-state index contributed by atoms with van der Waals surface area (Å²) in [7, 11) is 1.63. The van der Waals surface area contributed by atoms with Gasteiger partial charge in [0.05, 0.1) is 17.7 Å². The van der Waals surface area contributed by atoms with Crippen molar-refractivity contribution in [3.63, 3.8) is 0 Å². The molecule has 0 aliphatic rings. The van der Waals surface area contributed by atoms with Crippen LogP contribution in [0.3, 0.4) is 0 Å². The molecule has 1 aromatic rings. The molecule has 0 fully saturated rings. The summed E-state index contributed by atoms with van der Waals surface area (Å²) in [6.07, 6.45) is 0.269. The third kappa shape index (κ3) is 2.71. The van der Waals surface area contributed by atoms with Crippen molar-refractivity contribution in [2.75, 3.05) is 7.11 Å². The molecule has 72 valence electrons. The van der Waals surface area contributed by atoms with E-state index in [1.54, 1.807) is 14.0 Å². The smallest absolute Gasteiger partial charge is 0.136 e. The standard InChI is InChI=1S/C10H13BrO2/c1-7(12)6-8-4-3-5-9(11)10(8)13-2/h3-5,7,12H,6H2,1-2H3/t7-/m0/s1. The first kappa shape index (κ1) is 10.5. The highest BCUT2D eigenvalue weighted by Gasteiger charge is 2.08. The van der Waals surface area contributed by atoms with Crippen LogP contribution in [0.15, 0.2) is 22.7 Å². The Morgan fingerprint density at radius 3 is 2.77 bits per heavy atom. The van der Waals surface area contributed by atoms with E-state index in [2.05, 4.69) is 15.9 Å². The van der Waals surface area contributed by atoms with Gasteiger partial charge in [0.1, 0.15) is 5.75 Å². The zero-order valence-corrected chi connectivity index (χ0v) is 9.34. The Morgan fingerprint density at radius 1 is 1.54 bits per heavy atom. The number of hydrogen-bond donors (Lipinski definition) is 1. The quantitative estimate of drug-likeness (QED) is 0.885. The number of methoxy groups -OCH3 is 1. The van der Waals surface area contributed by atoms with Gasteiger partial charge in [-0.1, -0.05) is 12.1 Å². The predicted molar refractivity (Wildman–Crippen MR) is 56.1 cm³/mol. The summed E-state index contributed by atoms with van der Waals surface area (Å²) >= 11 is 3.39. The first-order valence-electron chi connectivity index (χ1n) is 4.14. The van der Waals surface area contributed by atoms with Crippen molar-refractivity contribution in [1.82, 2.24) is 0 Å². The minimum absolute atomic E-state index is 0.344. The van der Waals surface area contributed by atoms with E-state index >= 15 is 0 Å². The average Bonchev–Trinajstić information content (AvgIpc) is 2.03. The van der Waals surface area contributed by atoms with Crippen molar-refractivity contribution in [2.45, 2.75) is 19.4 Å². The highest BCUT2D eigenvalue weighted by molar-refractivity contribution is 9.10. The first-order chi connectivity index (χ1) is 6.15. The average molecular weight is 245 g/mol. The largest absolute Gasteiger partial charge is 0.495 e. The maximum absolute atomic E-state index is 9.25. The van der Waals surface area contributed by atoms with E-state index in [0.717, 1.165) is 15.8 Å². The lowest BCUT2D eigenvalue weighted by Crippen LogP contribution is -2.05. The molecular formula is C10H13BrO2. The van der Waals surface area contributed by atoms with Gasteiger partial charge in [0.2, 0.25) is 0 Å². The van der Waals surface area contributed by atoms with E-state index in [1.807, 2.05) is 18.2 Å². The van der Waals surface area contributed by atoms with Crippen LogP contribution in [0.2, 0.25) is 0 Å². The van der Waals surface area contributed by atoms with Crippen LogP contribution >= 0.6 is 15.9 Å².